The second-order valence-electron chi connectivity index (χ2n) is 4.38. The molecule has 0 aromatic carbocycles. The zero-order chi connectivity index (χ0) is 11.1. The molecule has 3 nitrogen and oxygen atoms in total. The van der Waals surface area contributed by atoms with E-state index < -0.39 is 0 Å². The van der Waals surface area contributed by atoms with E-state index in [2.05, 4.69) is 30.6 Å². The molecule has 1 heterocycles. The molecule has 1 rings (SSSR count). The zero-order valence-electron chi connectivity index (χ0n) is 10.5. The van der Waals surface area contributed by atoms with Crippen LogP contribution in [0.1, 0.15) is 27.2 Å². The van der Waals surface area contributed by atoms with Gasteiger partial charge in [0, 0.05) is 38.8 Å². The van der Waals surface area contributed by atoms with Crippen molar-refractivity contribution in [2.75, 3.05) is 45.9 Å². The Labute approximate surface area is 94.4 Å². The van der Waals surface area contributed by atoms with E-state index in [0.29, 0.717) is 6.04 Å². The minimum Gasteiger partial charge on any atom is -0.380 e. The van der Waals surface area contributed by atoms with Gasteiger partial charge in [0.05, 0.1) is 6.61 Å². The van der Waals surface area contributed by atoms with Crippen LogP contribution in [0, 0.1) is 0 Å². The van der Waals surface area contributed by atoms with Crippen molar-refractivity contribution in [1.82, 2.24) is 9.80 Å². The molecule has 15 heavy (non-hydrogen) atoms. The van der Waals surface area contributed by atoms with E-state index in [9.17, 15) is 0 Å². The molecule has 0 amide bonds. The van der Waals surface area contributed by atoms with Crippen LogP contribution in [0.25, 0.3) is 0 Å². The van der Waals surface area contributed by atoms with Gasteiger partial charge in [-0.05, 0) is 26.8 Å². The van der Waals surface area contributed by atoms with E-state index in [1.165, 1.54) is 32.6 Å². The average Bonchev–Trinajstić information content (AvgIpc) is 2.22. The molecule has 0 N–H and O–H groups in total. The fraction of sp³-hybridized carbons (Fsp3) is 1.00. The van der Waals surface area contributed by atoms with Crippen LogP contribution in [0.2, 0.25) is 0 Å². The van der Waals surface area contributed by atoms with Crippen LogP contribution >= 0.6 is 0 Å². The monoisotopic (exact) mass is 214 g/mol. The molecular weight excluding hydrogens is 188 g/mol. The highest BCUT2D eigenvalue weighted by Crippen LogP contribution is 2.09. The Hall–Kier alpha value is -0.120. The van der Waals surface area contributed by atoms with Crippen LogP contribution in [0.4, 0.5) is 0 Å². The van der Waals surface area contributed by atoms with Gasteiger partial charge < -0.3 is 9.64 Å². The summed E-state index contributed by atoms with van der Waals surface area (Å²) in [6.45, 7) is 14.4. The van der Waals surface area contributed by atoms with Gasteiger partial charge in [-0.1, -0.05) is 6.92 Å². The Morgan fingerprint density at radius 1 is 1.20 bits per heavy atom. The summed E-state index contributed by atoms with van der Waals surface area (Å²) in [6, 6.07) is 0.686. The number of hydrogen-bond donors (Lipinski definition) is 0. The van der Waals surface area contributed by atoms with Gasteiger partial charge in [-0.3, -0.25) is 4.90 Å². The number of ether oxygens (including phenoxy) is 1. The third-order valence-electron chi connectivity index (χ3n) is 3.12. The van der Waals surface area contributed by atoms with Gasteiger partial charge in [-0.15, -0.1) is 0 Å². The largest absolute Gasteiger partial charge is 0.380 e. The fourth-order valence-electron chi connectivity index (χ4n) is 2.25. The molecule has 0 spiro atoms. The van der Waals surface area contributed by atoms with Crippen LogP contribution in [0.15, 0.2) is 0 Å². The first-order chi connectivity index (χ1) is 7.27. The lowest BCUT2D eigenvalue weighted by molar-refractivity contribution is 0.0495. The Kier molecular flexibility index (Phi) is 6.22. The maximum Gasteiger partial charge on any atom is 0.0593 e. The molecule has 1 fully saturated rings. The Balaban J connectivity index is 2.20. The van der Waals surface area contributed by atoms with Crippen LogP contribution in [-0.2, 0) is 4.74 Å². The lowest BCUT2D eigenvalue weighted by atomic mass is 10.2. The Bertz CT molecular complexity index is 164. The molecule has 1 aliphatic heterocycles. The molecule has 1 unspecified atom stereocenters. The van der Waals surface area contributed by atoms with Crippen LogP contribution in [0.5, 0.6) is 0 Å². The first-order valence-corrected chi connectivity index (χ1v) is 6.32. The molecule has 0 radical (unpaired) electrons. The van der Waals surface area contributed by atoms with Crippen LogP contribution < -0.4 is 0 Å². The SMILES string of the molecule is CCCN1CCN(CCOCC)C(C)C1. The summed E-state index contributed by atoms with van der Waals surface area (Å²) in [7, 11) is 0. The van der Waals surface area contributed by atoms with Gasteiger partial charge in [0.2, 0.25) is 0 Å². The third kappa shape index (κ3) is 4.49. The minimum atomic E-state index is 0.686. The molecule has 90 valence electrons. The summed E-state index contributed by atoms with van der Waals surface area (Å²) in [4.78, 5) is 5.11. The predicted molar refractivity (Wildman–Crippen MR) is 64.3 cm³/mol. The summed E-state index contributed by atoms with van der Waals surface area (Å²) in [6.07, 6.45) is 1.27. The number of rotatable bonds is 6. The maximum absolute atomic E-state index is 5.40. The molecule has 0 saturated carbocycles. The number of nitrogens with zero attached hydrogens (tertiary/aromatic N) is 2. The maximum atomic E-state index is 5.40. The van der Waals surface area contributed by atoms with E-state index in [1.54, 1.807) is 0 Å². The van der Waals surface area contributed by atoms with Gasteiger partial charge in [0.1, 0.15) is 0 Å². The highest BCUT2D eigenvalue weighted by molar-refractivity contribution is 4.78. The standard InChI is InChI=1S/C12H26N2O/c1-4-6-13-7-8-14(12(3)11-13)9-10-15-5-2/h12H,4-11H2,1-3H3. The lowest BCUT2D eigenvalue weighted by Gasteiger charge is -2.39. The van der Waals surface area contributed by atoms with Crippen molar-refractivity contribution in [3.05, 3.63) is 0 Å². The van der Waals surface area contributed by atoms with Gasteiger partial charge in [0.25, 0.3) is 0 Å². The summed E-state index contributed by atoms with van der Waals surface area (Å²) in [5.41, 5.74) is 0. The van der Waals surface area contributed by atoms with E-state index >= 15 is 0 Å². The van der Waals surface area contributed by atoms with Crippen LogP contribution in [0.3, 0.4) is 0 Å². The molecule has 0 aromatic heterocycles. The second-order valence-corrected chi connectivity index (χ2v) is 4.38. The van der Waals surface area contributed by atoms with Crippen molar-refractivity contribution >= 4 is 0 Å². The van der Waals surface area contributed by atoms with E-state index in [1.807, 2.05) is 0 Å². The minimum absolute atomic E-state index is 0.686. The van der Waals surface area contributed by atoms with Crippen molar-refractivity contribution < 1.29 is 4.74 Å². The smallest absolute Gasteiger partial charge is 0.0593 e. The topological polar surface area (TPSA) is 15.7 Å². The zero-order valence-corrected chi connectivity index (χ0v) is 10.5. The van der Waals surface area contributed by atoms with Crippen molar-refractivity contribution in [2.45, 2.75) is 33.2 Å². The van der Waals surface area contributed by atoms with Crippen molar-refractivity contribution in [1.29, 1.82) is 0 Å². The summed E-state index contributed by atoms with van der Waals surface area (Å²) >= 11 is 0. The summed E-state index contributed by atoms with van der Waals surface area (Å²) in [5.74, 6) is 0. The highest BCUT2D eigenvalue weighted by Gasteiger charge is 2.22. The van der Waals surface area contributed by atoms with Crippen molar-refractivity contribution in [3.63, 3.8) is 0 Å². The van der Waals surface area contributed by atoms with E-state index in [-0.39, 0.29) is 0 Å². The number of hydrogen-bond acceptors (Lipinski definition) is 3. The molecule has 1 aliphatic rings. The summed E-state index contributed by atoms with van der Waals surface area (Å²) < 4.78 is 5.40. The molecule has 1 atom stereocenters. The van der Waals surface area contributed by atoms with E-state index in [4.69, 9.17) is 4.74 Å². The Morgan fingerprint density at radius 2 is 2.00 bits per heavy atom. The third-order valence-corrected chi connectivity index (χ3v) is 3.12. The molecule has 0 aliphatic carbocycles. The van der Waals surface area contributed by atoms with E-state index in [0.717, 1.165) is 19.8 Å². The Morgan fingerprint density at radius 3 is 2.60 bits per heavy atom. The molecular formula is C12H26N2O. The highest BCUT2D eigenvalue weighted by atomic mass is 16.5. The van der Waals surface area contributed by atoms with Gasteiger partial charge in [-0.25, -0.2) is 0 Å². The second kappa shape index (κ2) is 7.20. The average molecular weight is 214 g/mol. The molecule has 3 heteroatoms. The van der Waals surface area contributed by atoms with Gasteiger partial charge in [0.15, 0.2) is 0 Å². The first-order valence-electron chi connectivity index (χ1n) is 6.32. The number of piperazine rings is 1. The summed E-state index contributed by atoms with van der Waals surface area (Å²) in [5, 5.41) is 0. The lowest BCUT2D eigenvalue weighted by Crippen LogP contribution is -2.52. The molecule has 0 bridgehead atoms. The van der Waals surface area contributed by atoms with Gasteiger partial charge >= 0.3 is 0 Å². The normalized spacial score (nSPS) is 24.6. The molecule has 1 saturated heterocycles. The quantitative estimate of drug-likeness (QED) is 0.622. The first kappa shape index (κ1) is 12.9. The fourth-order valence-corrected chi connectivity index (χ4v) is 2.25. The van der Waals surface area contributed by atoms with Crippen molar-refractivity contribution in [3.8, 4) is 0 Å². The van der Waals surface area contributed by atoms with Gasteiger partial charge in [-0.2, -0.15) is 0 Å². The molecule has 0 aromatic rings. The van der Waals surface area contributed by atoms with Crippen LogP contribution in [-0.4, -0.2) is 61.8 Å². The predicted octanol–water partition coefficient (Wildman–Crippen LogP) is 1.44. The van der Waals surface area contributed by atoms with Crippen molar-refractivity contribution in [2.24, 2.45) is 0 Å².